The van der Waals surface area contributed by atoms with Gasteiger partial charge in [0.2, 0.25) is 0 Å². The Morgan fingerprint density at radius 2 is 1.55 bits per heavy atom. The lowest BCUT2D eigenvalue weighted by Gasteiger charge is -2.11. The van der Waals surface area contributed by atoms with Crippen LogP contribution in [0.15, 0.2) is 85.2 Å². The molecule has 0 saturated carbocycles. The van der Waals surface area contributed by atoms with Crippen LogP contribution in [0.5, 0.6) is 29.0 Å². The third kappa shape index (κ3) is 5.27. The van der Waals surface area contributed by atoms with E-state index in [1.807, 2.05) is 99.3 Å². The normalized spacial score (nSPS) is 10.9. The quantitative estimate of drug-likeness (QED) is 0.391. The van der Waals surface area contributed by atoms with Crippen LogP contribution in [-0.2, 0) is 0 Å². The predicted octanol–water partition coefficient (Wildman–Crippen LogP) is 4.20. The van der Waals surface area contributed by atoms with Crippen LogP contribution in [-0.4, -0.2) is 48.9 Å². The highest BCUT2D eigenvalue weighted by Crippen LogP contribution is 2.31. The zero-order chi connectivity index (χ0) is 23.2. The van der Waals surface area contributed by atoms with Crippen LogP contribution in [0, 0.1) is 0 Å². The molecule has 0 unspecified atom stereocenters. The van der Waals surface area contributed by atoms with Crippen molar-refractivity contribution < 1.29 is 23.9 Å². The lowest BCUT2D eigenvalue weighted by molar-refractivity contribution is -0.603. The van der Waals surface area contributed by atoms with Crippen LogP contribution in [0.25, 0.3) is 11.4 Å². The van der Waals surface area contributed by atoms with Crippen molar-refractivity contribution in [1.29, 1.82) is 0 Å². The van der Waals surface area contributed by atoms with E-state index in [1.54, 1.807) is 16.2 Å². The topological polar surface area (TPSA) is 60.0 Å². The molecule has 4 rings (SSSR count). The number of aromatic hydroxyl groups is 1. The molecular formula is C26H28N3O4+. The monoisotopic (exact) mass is 446 g/mol. The van der Waals surface area contributed by atoms with Crippen LogP contribution in [0.3, 0.4) is 0 Å². The largest absolute Gasteiger partial charge is 0.493 e. The van der Waals surface area contributed by atoms with Crippen molar-refractivity contribution >= 4 is 0 Å². The summed E-state index contributed by atoms with van der Waals surface area (Å²) in [6.45, 7) is 1.47. The molecule has 33 heavy (non-hydrogen) atoms. The van der Waals surface area contributed by atoms with Crippen LogP contribution in [0.4, 0.5) is 0 Å². The van der Waals surface area contributed by atoms with E-state index < -0.39 is 0 Å². The molecule has 170 valence electrons. The Balaban J connectivity index is 1.47. The summed E-state index contributed by atoms with van der Waals surface area (Å²) in [7, 11) is 5.64. The van der Waals surface area contributed by atoms with E-state index in [2.05, 4.69) is 4.90 Å². The van der Waals surface area contributed by atoms with Crippen molar-refractivity contribution in [2.75, 3.05) is 34.4 Å². The van der Waals surface area contributed by atoms with E-state index in [-0.39, 0.29) is 6.01 Å². The smallest absolute Gasteiger partial charge is 0.464 e. The summed E-state index contributed by atoms with van der Waals surface area (Å²) in [6, 6.07) is 22.7. The number of aromatic nitrogens is 2. The first-order valence-corrected chi connectivity index (χ1v) is 10.7. The van der Waals surface area contributed by atoms with Crippen LogP contribution in [0.1, 0.15) is 0 Å². The van der Waals surface area contributed by atoms with Gasteiger partial charge in [0.1, 0.15) is 41.9 Å². The fourth-order valence-electron chi connectivity index (χ4n) is 3.34. The number of rotatable bonds is 9. The first kappa shape index (κ1) is 22.2. The number of nitrogens with zero attached hydrogens (tertiary/aromatic N) is 3. The molecule has 0 amide bonds. The van der Waals surface area contributed by atoms with Gasteiger partial charge in [0.15, 0.2) is 11.5 Å². The minimum Gasteiger partial charge on any atom is -0.493 e. The number of para-hydroxylation sites is 2. The molecule has 0 saturated heterocycles. The maximum absolute atomic E-state index is 10.8. The second-order valence-corrected chi connectivity index (χ2v) is 7.73. The first-order valence-electron chi connectivity index (χ1n) is 10.7. The number of hydrogen-bond acceptors (Lipinski definition) is 5. The molecule has 0 aliphatic heterocycles. The first-order chi connectivity index (χ1) is 16.0. The fourth-order valence-corrected chi connectivity index (χ4v) is 3.34. The molecule has 0 aliphatic carbocycles. The summed E-state index contributed by atoms with van der Waals surface area (Å²) < 4.78 is 20.4. The maximum atomic E-state index is 10.8. The van der Waals surface area contributed by atoms with Gasteiger partial charge in [0.05, 0.1) is 7.11 Å². The molecule has 0 aliphatic rings. The van der Waals surface area contributed by atoms with Gasteiger partial charge in [-0.05, 0) is 74.8 Å². The standard InChI is InChI=1S/C26H27N3O4/c1-27(2)18-19-32-22-12-8-20(9-13-22)28-16-17-29(26(28)30)21-10-14-23(15-11-21)33-25-7-5-4-6-24(25)31-3/h4-17H,18-19H2,1-3H3/p+1. The van der Waals surface area contributed by atoms with E-state index in [9.17, 15) is 5.11 Å². The number of hydrogen-bond donors (Lipinski definition) is 1. The van der Waals surface area contributed by atoms with Crippen LogP contribution < -0.4 is 18.8 Å². The SMILES string of the molecule is COc1ccccc1Oc1ccc(-[n+]2ccn(-c3ccc(OCCN(C)C)cc3)c2O)cc1. The van der Waals surface area contributed by atoms with Crippen LogP contribution in [0.2, 0.25) is 0 Å². The number of imidazole rings is 1. The Morgan fingerprint density at radius 1 is 0.879 bits per heavy atom. The molecule has 0 spiro atoms. The summed E-state index contributed by atoms with van der Waals surface area (Å²) in [5.41, 5.74) is 1.64. The predicted molar refractivity (Wildman–Crippen MR) is 126 cm³/mol. The number of benzene rings is 3. The van der Waals surface area contributed by atoms with E-state index in [0.29, 0.717) is 23.9 Å². The number of likely N-dealkylation sites (N-methyl/N-ethyl adjacent to an activating group) is 1. The molecule has 7 nitrogen and oxygen atoms in total. The van der Waals surface area contributed by atoms with Crippen molar-refractivity contribution in [3.8, 4) is 40.4 Å². The highest BCUT2D eigenvalue weighted by atomic mass is 16.5. The Labute approximate surface area is 193 Å². The lowest BCUT2D eigenvalue weighted by atomic mass is 10.3. The van der Waals surface area contributed by atoms with Gasteiger partial charge in [0.25, 0.3) is 0 Å². The van der Waals surface area contributed by atoms with Crippen molar-refractivity contribution in [1.82, 2.24) is 9.47 Å². The highest BCUT2D eigenvalue weighted by molar-refractivity contribution is 5.44. The average molecular weight is 447 g/mol. The molecule has 3 aromatic carbocycles. The van der Waals surface area contributed by atoms with E-state index in [0.717, 1.165) is 23.7 Å². The zero-order valence-corrected chi connectivity index (χ0v) is 19.0. The summed E-state index contributed by atoms with van der Waals surface area (Å²) in [6.07, 6.45) is 3.63. The highest BCUT2D eigenvalue weighted by Gasteiger charge is 2.19. The van der Waals surface area contributed by atoms with Gasteiger partial charge in [-0.2, -0.15) is 9.13 Å². The molecule has 1 N–H and O–H groups in total. The van der Waals surface area contributed by atoms with Gasteiger partial charge in [-0.15, -0.1) is 0 Å². The molecule has 0 radical (unpaired) electrons. The lowest BCUT2D eigenvalue weighted by Crippen LogP contribution is -2.28. The zero-order valence-electron chi connectivity index (χ0n) is 19.0. The van der Waals surface area contributed by atoms with Crippen molar-refractivity contribution in [3.63, 3.8) is 0 Å². The van der Waals surface area contributed by atoms with Gasteiger partial charge in [-0.25, -0.2) is 0 Å². The molecule has 0 fully saturated rings. The van der Waals surface area contributed by atoms with Crippen molar-refractivity contribution in [2.24, 2.45) is 0 Å². The Hall–Kier alpha value is -3.97. The second kappa shape index (κ2) is 10.1. The Bertz CT molecular complexity index is 1190. The molecule has 1 heterocycles. The molecular weight excluding hydrogens is 418 g/mol. The van der Waals surface area contributed by atoms with Crippen molar-refractivity contribution in [3.05, 3.63) is 85.2 Å². The summed E-state index contributed by atoms with van der Waals surface area (Å²) in [5.74, 6) is 2.78. The molecule has 4 aromatic rings. The van der Waals surface area contributed by atoms with Gasteiger partial charge in [-0.1, -0.05) is 12.1 Å². The van der Waals surface area contributed by atoms with Gasteiger partial charge >= 0.3 is 6.01 Å². The molecule has 0 atom stereocenters. The van der Waals surface area contributed by atoms with Crippen LogP contribution >= 0.6 is 0 Å². The number of ether oxygens (including phenoxy) is 3. The van der Waals surface area contributed by atoms with Gasteiger partial charge in [-0.3, -0.25) is 0 Å². The van der Waals surface area contributed by atoms with Crippen molar-refractivity contribution in [2.45, 2.75) is 0 Å². The Morgan fingerprint density at radius 3 is 2.21 bits per heavy atom. The van der Waals surface area contributed by atoms with Gasteiger partial charge < -0.3 is 24.2 Å². The minimum atomic E-state index is 0.0923. The minimum absolute atomic E-state index is 0.0923. The Kier molecular flexibility index (Phi) is 6.80. The summed E-state index contributed by atoms with van der Waals surface area (Å²) >= 11 is 0. The fraction of sp³-hybridized carbons (Fsp3) is 0.192. The van der Waals surface area contributed by atoms with E-state index in [1.165, 1.54) is 0 Å². The summed E-state index contributed by atoms with van der Waals surface area (Å²) in [4.78, 5) is 2.07. The number of methoxy groups -OCH3 is 1. The molecule has 7 heteroatoms. The van der Waals surface area contributed by atoms with Gasteiger partial charge in [0, 0.05) is 6.54 Å². The third-order valence-corrected chi connectivity index (χ3v) is 5.13. The second-order valence-electron chi connectivity index (χ2n) is 7.73. The molecule has 1 aromatic heterocycles. The van der Waals surface area contributed by atoms with E-state index >= 15 is 0 Å². The third-order valence-electron chi connectivity index (χ3n) is 5.13. The molecule has 0 bridgehead atoms. The maximum Gasteiger partial charge on any atom is 0.464 e. The average Bonchev–Trinajstić information content (AvgIpc) is 3.21. The van der Waals surface area contributed by atoms with E-state index in [4.69, 9.17) is 14.2 Å². The summed E-state index contributed by atoms with van der Waals surface area (Å²) in [5, 5.41) is 10.8.